The highest BCUT2D eigenvalue weighted by atomic mass is 16.6. The second kappa shape index (κ2) is 20.0. The molecule has 0 aliphatic heterocycles. The number of imide groups is 1. The van der Waals surface area contributed by atoms with Crippen LogP contribution in [0.5, 0.6) is 0 Å². The standard InChI is InChI=1S/C34H63NO6/c1-11-12-13-14-15-16-17-18-19-20-21-22-23-24-25-26-27-28(29(36)39-32(2,3)4)35(30(37)40-33(5,6)7)31(38)41-34(8,9)10/h24-25,28H,11-23,26-27H2,1-10H3/b25-24-/t28-/m0/s1. The molecule has 0 spiro atoms. The van der Waals surface area contributed by atoms with Gasteiger partial charge in [-0.15, -0.1) is 0 Å². The molecule has 0 radical (unpaired) electrons. The number of carbonyl (C=O) groups excluding carboxylic acids is 3. The van der Waals surface area contributed by atoms with Crippen molar-refractivity contribution in [3.8, 4) is 0 Å². The smallest absolute Gasteiger partial charge is 0.420 e. The van der Waals surface area contributed by atoms with Crippen LogP contribution < -0.4 is 0 Å². The summed E-state index contributed by atoms with van der Waals surface area (Å²) in [5.41, 5.74) is -2.50. The average molecular weight is 582 g/mol. The van der Waals surface area contributed by atoms with Crippen LogP contribution in [0.3, 0.4) is 0 Å². The number of nitrogens with zero attached hydrogens (tertiary/aromatic N) is 1. The molecule has 0 aromatic rings. The second-order valence-corrected chi connectivity index (χ2v) is 14.1. The Morgan fingerprint density at radius 3 is 1.32 bits per heavy atom. The first-order valence-electron chi connectivity index (χ1n) is 16.1. The molecule has 0 N–H and O–H groups in total. The number of unbranched alkanes of at least 4 members (excludes halogenated alkanes) is 12. The quantitative estimate of drug-likeness (QED) is 0.0693. The highest BCUT2D eigenvalue weighted by molar-refractivity contribution is 5.94. The third-order valence-electron chi connectivity index (χ3n) is 6.17. The fourth-order valence-electron chi connectivity index (χ4n) is 4.27. The lowest BCUT2D eigenvalue weighted by molar-refractivity contribution is -0.161. The summed E-state index contributed by atoms with van der Waals surface area (Å²) in [5.74, 6) is -0.663. The maximum atomic E-state index is 13.2. The Kier molecular flexibility index (Phi) is 19.0. The van der Waals surface area contributed by atoms with E-state index in [0.29, 0.717) is 6.42 Å². The fourth-order valence-corrected chi connectivity index (χ4v) is 4.27. The van der Waals surface area contributed by atoms with E-state index in [1.807, 2.05) is 6.08 Å². The Hall–Kier alpha value is -2.05. The van der Waals surface area contributed by atoms with Gasteiger partial charge >= 0.3 is 18.2 Å². The van der Waals surface area contributed by atoms with E-state index < -0.39 is 41.0 Å². The van der Waals surface area contributed by atoms with E-state index in [1.54, 1.807) is 62.3 Å². The maximum Gasteiger partial charge on any atom is 0.420 e. The summed E-state index contributed by atoms with van der Waals surface area (Å²) in [7, 11) is 0. The number of esters is 1. The summed E-state index contributed by atoms with van der Waals surface area (Å²) < 4.78 is 16.6. The Bertz CT molecular complexity index is 742. The second-order valence-electron chi connectivity index (χ2n) is 14.1. The molecule has 0 aromatic carbocycles. The fraction of sp³-hybridized carbons (Fsp3) is 0.853. The van der Waals surface area contributed by atoms with Crippen molar-refractivity contribution in [2.75, 3.05) is 0 Å². The molecule has 0 aromatic heterocycles. The van der Waals surface area contributed by atoms with E-state index >= 15 is 0 Å². The number of hydrogen-bond donors (Lipinski definition) is 0. The summed E-state index contributed by atoms with van der Waals surface area (Å²) in [5, 5.41) is 0. The highest BCUT2D eigenvalue weighted by Gasteiger charge is 2.41. The van der Waals surface area contributed by atoms with E-state index in [0.717, 1.165) is 17.7 Å². The van der Waals surface area contributed by atoms with Crippen LogP contribution in [0.1, 0.15) is 166 Å². The van der Waals surface area contributed by atoms with Crippen LogP contribution in [0, 0.1) is 0 Å². The Labute approximate surface area is 252 Å². The van der Waals surface area contributed by atoms with Gasteiger partial charge in [0.1, 0.15) is 22.8 Å². The predicted molar refractivity (Wildman–Crippen MR) is 168 cm³/mol. The first kappa shape index (κ1) is 39.0. The summed E-state index contributed by atoms with van der Waals surface area (Å²) in [4.78, 5) is 40.3. The molecule has 0 bridgehead atoms. The van der Waals surface area contributed by atoms with Crippen molar-refractivity contribution in [3.05, 3.63) is 12.2 Å². The molecule has 0 unspecified atom stereocenters. The van der Waals surface area contributed by atoms with Crippen molar-refractivity contribution < 1.29 is 28.6 Å². The van der Waals surface area contributed by atoms with E-state index in [1.165, 1.54) is 70.6 Å². The summed E-state index contributed by atoms with van der Waals surface area (Å²) in [6, 6.07) is -1.17. The predicted octanol–water partition coefficient (Wildman–Crippen LogP) is 10.3. The molecule has 0 heterocycles. The van der Waals surface area contributed by atoms with Gasteiger partial charge in [0.25, 0.3) is 0 Å². The minimum Gasteiger partial charge on any atom is -0.458 e. The number of hydrogen-bond acceptors (Lipinski definition) is 6. The van der Waals surface area contributed by atoms with Gasteiger partial charge in [-0.2, -0.15) is 4.90 Å². The number of ether oxygens (including phenoxy) is 3. The molecule has 2 amide bonds. The van der Waals surface area contributed by atoms with Gasteiger partial charge in [0.05, 0.1) is 0 Å². The molecule has 1 atom stereocenters. The van der Waals surface area contributed by atoms with Crippen molar-refractivity contribution in [1.29, 1.82) is 0 Å². The largest absolute Gasteiger partial charge is 0.458 e. The zero-order chi connectivity index (χ0) is 31.5. The Balaban J connectivity index is 4.96. The molecule has 0 aliphatic rings. The third kappa shape index (κ3) is 22.3. The zero-order valence-electron chi connectivity index (χ0n) is 28.2. The molecule has 0 saturated carbocycles. The van der Waals surface area contributed by atoms with Crippen molar-refractivity contribution in [1.82, 2.24) is 4.90 Å². The minimum atomic E-state index is -1.17. The van der Waals surface area contributed by atoms with Gasteiger partial charge in [0.2, 0.25) is 0 Å². The van der Waals surface area contributed by atoms with Crippen LogP contribution in [0.25, 0.3) is 0 Å². The Morgan fingerprint density at radius 1 is 0.561 bits per heavy atom. The van der Waals surface area contributed by atoms with Gasteiger partial charge in [0.15, 0.2) is 0 Å². The third-order valence-corrected chi connectivity index (χ3v) is 6.17. The van der Waals surface area contributed by atoms with Gasteiger partial charge in [-0.25, -0.2) is 14.4 Å². The number of amides is 2. The molecule has 0 fully saturated rings. The first-order chi connectivity index (χ1) is 19.0. The van der Waals surface area contributed by atoms with Gasteiger partial charge in [-0.3, -0.25) is 0 Å². The molecular formula is C34H63NO6. The Morgan fingerprint density at radius 2 is 0.927 bits per heavy atom. The molecule has 7 heteroatoms. The SMILES string of the molecule is CCCCCCCCCCCCCC/C=C\CC[C@@H](C(=O)OC(C)(C)C)N(C(=O)OC(C)(C)C)C(=O)OC(C)(C)C. The molecule has 0 aliphatic carbocycles. The van der Waals surface area contributed by atoms with Crippen LogP contribution in [0.2, 0.25) is 0 Å². The molecule has 0 saturated heterocycles. The lowest BCUT2D eigenvalue weighted by Crippen LogP contribution is -2.53. The number of carbonyl (C=O) groups is 3. The molecule has 41 heavy (non-hydrogen) atoms. The van der Waals surface area contributed by atoms with Crippen molar-refractivity contribution >= 4 is 18.2 Å². The van der Waals surface area contributed by atoms with Gasteiger partial charge in [-0.1, -0.05) is 89.7 Å². The van der Waals surface area contributed by atoms with Crippen LogP contribution in [-0.4, -0.2) is 45.9 Å². The average Bonchev–Trinajstić information content (AvgIpc) is 2.79. The maximum absolute atomic E-state index is 13.2. The monoisotopic (exact) mass is 581 g/mol. The number of allylic oxidation sites excluding steroid dienone is 2. The van der Waals surface area contributed by atoms with E-state index in [-0.39, 0.29) is 6.42 Å². The molecule has 0 rings (SSSR count). The van der Waals surface area contributed by atoms with E-state index in [4.69, 9.17) is 14.2 Å². The normalized spacial score (nSPS) is 13.2. The van der Waals surface area contributed by atoms with Crippen LogP contribution >= 0.6 is 0 Å². The van der Waals surface area contributed by atoms with Crippen molar-refractivity contribution in [2.24, 2.45) is 0 Å². The van der Waals surface area contributed by atoms with Crippen molar-refractivity contribution in [2.45, 2.75) is 188 Å². The molecule has 240 valence electrons. The first-order valence-corrected chi connectivity index (χ1v) is 16.1. The van der Waals surface area contributed by atoms with Crippen molar-refractivity contribution in [3.63, 3.8) is 0 Å². The highest BCUT2D eigenvalue weighted by Crippen LogP contribution is 2.22. The summed E-state index contributed by atoms with van der Waals surface area (Å²) in [6.07, 6.45) is 19.8. The van der Waals surface area contributed by atoms with E-state index in [2.05, 4.69) is 13.0 Å². The minimum absolute atomic E-state index is 0.211. The zero-order valence-corrected chi connectivity index (χ0v) is 28.2. The number of rotatable bonds is 18. The lowest BCUT2D eigenvalue weighted by atomic mass is 10.0. The van der Waals surface area contributed by atoms with Gasteiger partial charge < -0.3 is 14.2 Å². The van der Waals surface area contributed by atoms with Gasteiger partial charge in [-0.05, 0) is 88.0 Å². The summed E-state index contributed by atoms with van der Waals surface area (Å²) in [6.45, 7) is 17.8. The van der Waals surface area contributed by atoms with Gasteiger partial charge in [0, 0.05) is 0 Å². The topological polar surface area (TPSA) is 82.1 Å². The van der Waals surface area contributed by atoms with Crippen LogP contribution in [0.4, 0.5) is 9.59 Å². The summed E-state index contributed by atoms with van der Waals surface area (Å²) >= 11 is 0. The lowest BCUT2D eigenvalue weighted by Gasteiger charge is -2.33. The van der Waals surface area contributed by atoms with Crippen LogP contribution in [-0.2, 0) is 19.0 Å². The molecular weight excluding hydrogens is 518 g/mol. The van der Waals surface area contributed by atoms with Crippen LogP contribution in [0.15, 0.2) is 12.2 Å². The van der Waals surface area contributed by atoms with E-state index in [9.17, 15) is 14.4 Å². The molecule has 7 nitrogen and oxygen atoms in total.